The molecule has 2 aromatic heterocycles. The second-order valence-corrected chi connectivity index (χ2v) is 4.58. The quantitative estimate of drug-likeness (QED) is 0.493. The van der Waals surface area contributed by atoms with Crippen molar-refractivity contribution >= 4 is 21.8 Å². The Bertz CT molecular complexity index is 841. The van der Waals surface area contributed by atoms with Crippen LogP contribution in [0.4, 0.5) is 0 Å². The van der Waals surface area contributed by atoms with Crippen LogP contribution in [-0.2, 0) is 0 Å². The van der Waals surface area contributed by atoms with Crippen LogP contribution in [0.15, 0.2) is 67.3 Å². The monoisotopic (exact) mass is 259 g/mol. The maximum absolute atomic E-state index is 4.63. The number of hydrogen-bond donors (Lipinski definition) is 0. The van der Waals surface area contributed by atoms with E-state index in [2.05, 4.69) is 27.2 Å². The van der Waals surface area contributed by atoms with Gasteiger partial charge in [0, 0.05) is 40.3 Å². The van der Waals surface area contributed by atoms with E-state index in [1.54, 1.807) is 6.33 Å². The summed E-state index contributed by atoms with van der Waals surface area (Å²) < 4.78 is 1.86. The first-order chi connectivity index (χ1) is 9.90. The average molecular weight is 259 g/mol. The zero-order valence-electron chi connectivity index (χ0n) is 10.6. The molecule has 0 saturated carbocycles. The molecule has 0 unspecified atom stereocenters. The molecule has 0 fully saturated rings. The first-order valence-corrected chi connectivity index (χ1v) is 6.38. The highest BCUT2D eigenvalue weighted by atomic mass is 15.3. The van der Waals surface area contributed by atoms with Gasteiger partial charge in [-0.3, -0.25) is 0 Å². The topological polar surface area (TPSA) is 42.5 Å². The highest BCUT2D eigenvalue weighted by molar-refractivity contribution is 5.79. The van der Waals surface area contributed by atoms with Crippen molar-refractivity contribution in [2.75, 3.05) is 0 Å². The van der Waals surface area contributed by atoms with Crippen LogP contribution in [0.5, 0.6) is 0 Å². The number of nitrogens with zero attached hydrogens (tertiary/aromatic N) is 4. The van der Waals surface area contributed by atoms with Crippen molar-refractivity contribution in [2.24, 2.45) is 0 Å². The maximum atomic E-state index is 4.63. The minimum absolute atomic E-state index is 0.917. The van der Waals surface area contributed by atoms with Gasteiger partial charge < -0.3 is 0 Å². The molecule has 4 heteroatoms. The lowest BCUT2D eigenvalue weighted by Crippen LogP contribution is -2.34. The van der Waals surface area contributed by atoms with Crippen LogP contribution in [0.1, 0.15) is 0 Å². The van der Waals surface area contributed by atoms with Gasteiger partial charge in [0.05, 0.1) is 5.52 Å². The molecule has 0 aliphatic rings. The van der Waals surface area contributed by atoms with Crippen molar-refractivity contribution in [1.82, 2.24) is 15.1 Å². The van der Waals surface area contributed by atoms with E-state index >= 15 is 0 Å². The van der Waals surface area contributed by atoms with Crippen LogP contribution in [-0.4, -0.2) is 15.1 Å². The fourth-order valence-corrected chi connectivity index (χ4v) is 2.27. The molecule has 0 spiro atoms. The first kappa shape index (κ1) is 11.0. The standard InChI is InChI=1S/C16H11N4/c1-2-4-15-12(3-1)7-8-20(19-15)14-6-5-13-10-17-11-18-16(13)9-14/h1-11H/q+1. The van der Waals surface area contributed by atoms with Crippen molar-refractivity contribution in [2.45, 2.75) is 0 Å². The molecule has 0 amide bonds. The Balaban J connectivity index is 1.91. The summed E-state index contributed by atoms with van der Waals surface area (Å²) in [6.07, 6.45) is 5.33. The predicted octanol–water partition coefficient (Wildman–Crippen LogP) is 2.45. The molecule has 4 aromatic rings. The molecule has 0 aliphatic carbocycles. The summed E-state index contributed by atoms with van der Waals surface area (Å²) in [7, 11) is 0. The summed E-state index contributed by atoms with van der Waals surface area (Å²) in [4.78, 5) is 8.30. The van der Waals surface area contributed by atoms with Gasteiger partial charge in [-0.15, -0.1) is 0 Å². The minimum Gasteiger partial charge on any atom is -0.244 e. The minimum atomic E-state index is 0.917. The van der Waals surface area contributed by atoms with Gasteiger partial charge in [-0.1, -0.05) is 22.9 Å². The lowest BCUT2D eigenvalue weighted by molar-refractivity contribution is -0.657. The summed E-state index contributed by atoms with van der Waals surface area (Å²) in [6, 6.07) is 16.2. The Morgan fingerprint density at radius 1 is 0.850 bits per heavy atom. The number of benzene rings is 2. The third-order valence-electron chi connectivity index (χ3n) is 3.30. The Hall–Kier alpha value is -2.88. The number of fused-ring (bicyclic) bond motifs is 2. The Morgan fingerprint density at radius 3 is 2.80 bits per heavy atom. The number of aromatic nitrogens is 4. The highest BCUT2D eigenvalue weighted by Crippen LogP contribution is 2.13. The normalized spacial score (nSPS) is 11.0. The average Bonchev–Trinajstić information content (AvgIpc) is 2.54. The number of rotatable bonds is 1. The van der Waals surface area contributed by atoms with Gasteiger partial charge >= 0.3 is 0 Å². The molecular formula is C16H11N4+. The van der Waals surface area contributed by atoms with Crippen molar-refractivity contribution in [1.29, 1.82) is 0 Å². The Labute approximate surface area is 115 Å². The van der Waals surface area contributed by atoms with Gasteiger partial charge in [0.25, 0.3) is 0 Å². The molecule has 0 atom stereocenters. The first-order valence-electron chi connectivity index (χ1n) is 6.38. The molecule has 94 valence electrons. The van der Waals surface area contributed by atoms with Crippen LogP contribution in [0.25, 0.3) is 27.5 Å². The van der Waals surface area contributed by atoms with Crippen molar-refractivity contribution < 1.29 is 4.68 Å². The zero-order chi connectivity index (χ0) is 13.4. The molecule has 2 heterocycles. The second-order valence-electron chi connectivity index (χ2n) is 4.58. The summed E-state index contributed by atoms with van der Waals surface area (Å²) in [6.45, 7) is 0. The SMILES string of the molecule is c1ccc2n[n+](-c3ccc4cncnc4c3)ccc2c1. The Morgan fingerprint density at radius 2 is 1.80 bits per heavy atom. The lowest BCUT2D eigenvalue weighted by Gasteiger charge is -1.98. The fourth-order valence-electron chi connectivity index (χ4n) is 2.27. The fraction of sp³-hybridized carbons (Fsp3) is 0. The van der Waals surface area contributed by atoms with E-state index in [1.807, 2.05) is 53.5 Å². The van der Waals surface area contributed by atoms with E-state index in [9.17, 15) is 0 Å². The second kappa shape index (κ2) is 4.35. The van der Waals surface area contributed by atoms with Gasteiger partial charge in [-0.05, 0) is 12.1 Å². The van der Waals surface area contributed by atoms with E-state index < -0.39 is 0 Å². The van der Waals surface area contributed by atoms with E-state index in [1.165, 1.54) is 0 Å². The van der Waals surface area contributed by atoms with E-state index in [4.69, 9.17) is 0 Å². The van der Waals surface area contributed by atoms with Crippen molar-refractivity contribution in [3.8, 4) is 5.69 Å². The van der Waals surface area contributed by atoms with Gasteiger partial charge in [-0.2, -0.15) is 0 Å². The van der Waals surface area contributed by atoms with Crippen LogP contribution >= 0.6 is 0 Å². The van der Waals surface area contributed by atoms with Gasteiger partial charge in [0.15, 0.2) is 0 Å². The summed E-state index contributed by atoms with van der Waals surface area (Å²) >= 11 is 0. The van der Waals surface area contributed by atoms with Crippen LogP contribution < -0.4 is 4.68 Å². The largest absolute Gasteiger partial charge is 0.244 e. The molecule has 0 saturated heterocycles. The van der Waals surface area contributed by atoms with Gasteiger partial charge in [-0.25, -0.2) is 9.97 Å². The van der Waals surface area contributed by atoms with Crippen molar-refractivity contribution in [3.63, 3.8) is 0 Å². The maximum Gasteiger partial charge on any atom is 0.240 e. The molecule has 4 rings (SSSR count). The third kappa shape index (κ3) is 1.78. The Kier molecular flexibility index (Phi) is 2.39. The van der Waals surface area contributed by atoms with Crippen LogP contribution in [0.2, 0.25) is 0 Å². The molecule has 4 nitrogen and oxygen atoms in total. The van der Waals surface area contributed by atoms with Crippen LogP contribution in [0.3, 0.4) is 0 Å². The molecule has 0 N–H and O–H groups in total. The smallest absolute Gasteiger partial charge is 0.240 e. The summed E-state index contributed by atoms with van der Waals surface area (Å²) in [5, 5.41) is 6.78. The van der Waals surface area contributed by atoms with Gasteiger partial charge in [0.1, 0.15) is 11.8 Å². The third-order valence-corrected chi connectivity index (χ3v) is 3.30. The molecule has 0 bridgehead atoms. The molecule has 20 heavy (non-hydrogen) atoms. The molecular weight excluding hydrogens is 248 g/mol. The lowest BCUT2D eigenvalue weighted by atomic mass is 10.2. The van der Waals surface area contributed by atoms with E-state index in [0.717, 1.165) is 27.5 Å². The zero-order valence-corrected chi connectivity index (χ0v) is 10.6. The van der Waals surface area contributed by atoms with Gasteiger partial charge in [0.2, 0.25) is 11.9 Å². The molecule has 2 aromatic carbocycles. The van der Waals surface area contributed by atoms with E-state index in [0.29, 0.717) is 0 Å². The van der Waals surface area contributed by atoms with Crippen molar-refractivity contribution in [3.05, 3.63) is 67.3 Å². The predicted molar refractivity (Wildman–Crippen MR) is 76.4 cm³/mol. The highest BCUT2D eigenvalue weighted by Gasteiger charge is 2.10. The van der Waals surface area contributed by atoms with E-state index in [-0.39, 0.29) is 0 Å². The van der Waals surface area contributed by atoms with Crippen LogP contribution in [0, 0.1) is 0 Å². The summed E-state index contributed by atoms with van der Waals surface area (Å²) in [5.41, 5.74) is 2.87. The summed E-state index contributed by atoms with van der Waals surface area (Å²) in [5.74, 6) is 0. The number of hydrogen-bond acceptors (Lipinski definition) is 3. The molecule has 0 radical (unpaired) electrons. The molecule has 0 aliphatic heterocycles.